The molecule has 0 heterocycles. The second-order valence-corrected chi connectivity index (χ2v) is 5.34. The summed E-state index contributed by atoms with van der Waals surface area (Å²) in [7, 11) is 4.35. The summed E-state index contributed by atoms with van der Waals surface area (Å²) in [5.41, 5.74) is 6.66. The van der Waals surface area contributed by atoms with Gasteiger partial charge in [0.25, 0.3) is 0 Å². The predicted molar refractivity (Wildman–Crippen MR) is 66.9 cm³/mol. The SMILES string of the molecule is CCC(CC)(C(N)CC1CCC1)N(C)C. The Morgan fingerprint density at radius 1 is 1.27 bits per heavy atom. The largest absolute Gasteiger partial charge is 0.326 e. The molecule has 1 rings (SSSR count). The van der Waals surface area contributed by atoms with E-state index >= 15 is 0 Å². The van der Waals surface area contributed by atoms with Crippen LogP contribution in [0.5, 0.6) is 0 Å². The third-order valence-corrected chi connectivity index (χ3v) is 4.62. The highest BCUT2D eigenvalue weighted by Gasteiger charge is 2.37. The number of hydrogen-bond acceptors (Lipinski definition) is 2. The van der Waals surface area contributed by atoms with Gasteiger partial charge in [-0.3, -0.25) is 0 Å². The van der Waals surface area contributed by atoms with Gasteiger partial charge < -0.3 is 10.6 Å². The van der Waals surface area contributed by atoms with Crippen LogP contribution in [0.4, 0.5) is 0 Å². The molecule has 0 saturated heterocycles. The van der Waals surface area contributed by atoms with Gasteiger partial charge >= 0.3 is 0 Å². The average molecular weight is 212 g/mol. The first-order valence-electron chi connectivity index (χ1n) is 6.49. The Bertz CT molecular complexity index is 181. The van der Waals surface area contributed by atoms with E-state index in [1.807, 2.05) is 0 Å². The lowest BCUT2D eigenvalue weighted by Crippen LogP contribution is -2.57. The van der Waals surface area contributed by atoms with Gasteiger partial charge in [0.05, 0.1) is 0 Å². The van der Waals surface area contributed by atoms with Crippen molar-refractivity contribution in [1.82, 2.24) is 4.90 Å². The van der Waals surface area contributed by atoms with E-state index in [0.29, 0.717) is 6.04 Å². The van der Waals surface area contributed by atoms with Crippen molar-refractivity contribution in [3.05, 3.63) is 0 Å². The van der Waals surface area contributed by atoms with Crippen LogP contribution in [-0.2, 0) is 0 Å². The van der Waals surface area contributed by atoms with Crippen molar-refractivity contribution in [3.63, 3.8) is 0 Å². The van der Waals surface area contributed by atoms with Gasteiger partial charge in [-0.2, -0.15) is 0 Å². The van der Waals surface area contributed by atoms with Gasteiger partial charge in [0, 0.05) is 11.6 Å². The molecule has 0 radical (unpaired) electrons. The maximum Gasteiger partial charge on any atom is 0.0349 e. The number of hydrogen-bond donors (Lipinski definition) is 1. The fourth-order valence-electron chi connectivity index (χ4n) is 3.05. The first-order chi connectivity index (χ1) is 7.06. The molecule has 2 N–H and O–H groups in total. The highest BCUT2D eigenvalue weighted by molar-refractivity contribution is 4.96. The van der Waals surface area contributed by atoms with E-state index in [1.165, 1.54) is 25.7 Å². The summed E-state index contributed by atoms with van der Waals surface area (Å²) in [6.07, 6.45) is 7.77. The van der Waals surface area contributed by atoms with E-state index in [0.717, 1.165) is 18.8 Å². The lowest BCUT2D eigenvalue weighted by atomic mass is 9.74. The molecule has 0 aromatic carbocycles. The van der Waals surface area contributed by atoms with E-state index in [1.54, 1.807) is 0 Å². The molecule has 1 aliphatic rings. The van der Waals surface area contributed by atoms with Crippen molar-refractivity contribution >= 4 is 0 Å². The minimum Gasteiger partial charge on any atom is -0.326 e. The second-order valence-electron chi connectivity index (χ2n) is 5.34. The first-order valence-corrected chi connectivity index (χ1v) is 6.49. The predicted octanol–water partition coefficient (Wildman–Crippen LogP) is 2.62. The number of likely N-dealkylation sites (N-methyl/N-ethyl adjacent to an activating group) is 1. The van der Waals surface area contributed by atoms with E-state index in [9.17, 15) is 0 Å². The minimum atomic E-state index is 0.218. The molecule has 0 spiro atoms. The second kappa shape index (κ2) is 5.31. The average Bonchev–Trinajstić information content (AvgIpc) is 2.14. The molecular weight excluding hydrogens is 184 g/mol. The van der Waals surface area contributed by atoms with Crippen molar-refractivity contribution in [3.8, 4) is 0 Å². The van der Waals surface area contributed by atoms with Crippen LogP contribution in [0.3, 0.4) is 0 Å². The van der Waals surface area contributed by atoms with Gasteiger partial charge in [0.1, 0.15) is 0 Å². The van der Waals surface area contributed by atoms with Crippen LogP contribution >= 0.6 is 0 Å². The van der Waals surface area contributed by atoms with Crippen molar-refractivity contribution in [2.45, 2.75) is 64.0 Å². The van der Waals surface area contributed by atoms with E-state index in [-0.39, 0.29) is 5.54 Å². The monoisotopic (exact) mass is 212 g/mol. The van der Waals surface area contributed by atoms with Crippen LogP contribution in [0.25, 0.3) is 0 Å². The van der Waals surface area contributed by atoms with Gasteiger partial charge in [0.2, 0.25) is 0 Å². The molecule has 1 saturated carbocycles. The van der Waals surface area contributed by atoms with Gasteiger partial charge in [0.15, 0.2) is 0 Å². The van der Waals surface area contributed by atoms with E-state index < -0.39 is 0 Å². The highest BCUT2D eigenvalue weighted by Crippen LogP contribution is 2.35. The number of nitrogens with zero attached hydrogens (tertiary/aromatic N) is 1. The summed E-state index contributed by atoms with van der Waals surface area (Å²) in [5.74, 6) is 0.914. The molecule has 1 fully saturated rings. The lowest BCUT2D eigenvalue weighted by molar-refractivity contribution is 0.0850. The maximum absolute atomic E-state index is 6.44. The number of nitrogens with two attached hydrogens (primary N) is 1. The molecule has 1 aliphatic carbocycles. The Kier molecular flexibility index (Phi) is 4.60. The molecule has 0 aliphatic heterocycles. The maximum atomic E-state index is 6.44. The van der Waals surface area contributed by atoms with Crippen LogP contribution in [0.15, 0.2) is 0 Å². The molecule has 15 heavy (non-hydrogen) atoms. The minimum absolute atomic E-state index is 0.218. The van der Waals surface area contributed by atoms with Crippen molar-refractivity contribution in [1.29, 1.82) is 0 Å². The highest BCUT2D eigenvalue weighted by atomic mass is 15.2. The van der Waals surface area contributed by atoms with E-state index in [2.05, 4.69) is 32.8 Å². The molecule has 2 nitrogen and oxygen atoms in total. The summed E-state index contributed by atoms with van der Waals surface area (Å²) < 4.78 is 0. The molecule has 0 aromatic heterocycles. The van der Waals surface area contributed by atoms with Crippen LogP contribution in [0.2, 0.25) is 0 Å². The van der Waals surface area contributed by atoms with Gasteiger partial charge in [-0.25, -0.2) is 0 Å². The molecule has 2 heteroatoms. The molecular formula is C13H28N2. The third kappa shape index (κ3) is 2.54. The lowest BCUT2D eigenvalue weighted by Gasteiger charge is -2.45. The number of rotatable bonds is 6. The smallest absolute Gasteiger partial charge is 0.0349 e. The summed E-state index contributed by atoms with van der Waals surface area (Å²) >= 11 is 0. The molecule has 90 valence electrons. The zero-order valence-electron chi connectivity index (χ0n) is 10.9. The molecule has 1 atom stereocenters. The molecule has 1 unspecified atom stereocenters. The van der Waals surface area contributed by atoms with Gasteiger partial charge in [-0.05, 0) is 39.3 Å². The normalized spacial score (nSPS) is 20.4. The summed E-state index contributed by atoms with van der Waals surface area (Å²) in [5, 5.41) is 0. The van der Waals surface area contributed by atoms with Crippen LogP contribution < -0.4 is 5.73 Å². The van der Waals surface area contributed by atoms with Crippen LogP contribution in [0, 0.1) is 5.92 Å². The first kappa shape index (κ1) is 13.0. The third-order valence-electron chi connectivity index (χ3n) is 4.62. The summed E-state index contributed by atoms with van der Waals surface area (Å²) in [4.78, 5) is 2.34. The quantitative estimate of drug-likeness (QED) is 0.733. The Labute approximate surface area is 95.2 Å². The topological polar surface area (TPSA) is 29.3 Å². The summed E-state index contributed by atoms with van der Waals surface area (Å²) in [6, 6.07) is 0.341. The molecule has 0 aromatic rings. The Morgan fingerprint density at radius 3 is 2.07 bits per heavy atom. The van der Waals surface area contributed by atoms with E-state index in [4.69, 9.17) is 5.73 Å². The van der Waals surface area contributed by atoms with Crippen molar-refractivity contribution < 1.29 is 0 Å². The van der Waals surface area contributed by atoms with Crippen molar-refractivity contribution in [2.24, 2.45) is 11.7 Å². The van der Waals surface area contributed by atoms with Gasteiger partial charge in [-0.1, -0.05) is 33.1 Å². The zero-order valence-corrected chi connectivity index (χ0v) is 10.9. The Morgan fingerprint density at radius 2 is 1.80 bits per heavy atom. The summed E-state index contributed by atoms with van der Waals surface area (Å²) in [6.45, 7) is 4.54. The molecule has 0 bridgehead atoms. The zero-order chi connectivity index (χ0) is 11.5. The van der Waals surface area contributed by atoms with Gasteiger partial charge in [-0.15, -0.1) is 0 Å². The fourth-order valence-corrected chi connectivity index (χ4v) is 3.05. The Balaban J connectivity index is 2.60. The van der Waals surface area contributed by atoms with Crippen molar-refractivity contribution in [2.75, 3.05) is 14.1 Å². The standard InChI is InChI=1S/C13H28N2/c1-5-13(6-2,15(3)4)12(14)10-11-8-7-9-11/h11-12H,5-10,14H2,1-4H3. The Hall–Kier alpha value is -0.0800. The molecule has 0 amide bonds. The van der Waals surface area contributed by atoms with Crippen LogP contribution in [0.1, 0.15) is 52.4 Å². The fraction of sp³-hybridized carbons (Fsp3) is 1.00. The van der Waals surface area contributed by atoms with Crippen LogP contribution in [-0.4, -0.2) is 30.6 Å².